The second-order valence-electron chi connectivity index (χ2n) is 6.74. The van der Waals surface area contributed by atoms with Crippen LogP contribution in [0.1, 0.15) is 11.1 Å². The van der Waals surface area contributed by atoms with Gasteiger partial charge >= 0.3 is 6.61 Å². The first-order valence-electron chi connectivity index (χ1n) is 9.10. The normalized spacial score (nSPS) is 10.8. The van der Waals surface area contributed by atoms with E-state index in [2.05, 4.69) is 9.72 Å². The van der Waals surface area contributed by atoms with Gasteiger partial charge in [-0.15, -0.1) is 0 Å². The molecule has 156 valence electrons. The Balaban J connectivity index is 1.86. The highest BCUT2D eigenvalue weighted by Gasteiger charge is 2.13. The van der Waals surface area contributed by atoms with Gasteiger partial charge in [-0.1, -0.05) is 35.9 Å². The molecule has 0 aliphatic heterocycles. The van der Waals surface area contributed by atoms with Crippen LogP contribution in [0.25, 0.3) is 11.1 Å². The van der Waals surface area contributed by atoms with Gasteiger partial charge in [0.05, 0.1) is 6.54 Å². The zero-order chi connectivity index (χ0) is 21.7. The minimum Gasteiger partial charge on any atom is -0.434 e. The van der Waals surface area contributed by atoms with Crippen LogP contribution in [0.3, 0.4) is 0 Å². The van der Waals surface area contributed by atoms with E-state index in [4.69, 9.17) is 17.3 Å². The van der Waals surface area contributed by atoms with E-state index in [0.29, 0.717) is 28.4 Å². The fourth-order valence-electron chi connectivity index (χ4n) is 3.06. The molecule has 0 bridgehead atoms. The van der Waals surface area contributed by atoms with Gasteiger partial charge in [0.2, 0.25) is 5.91 Å². The fraction of sp³-hybridized carbons (Fsp3) is 0.182. The van der Waals surface area contributed by atoms with Gasteiger partial charge in [-0.05, 0) is 53.4 Å². The zero-order valence-electron chi connectivity index (χ0n) is 16.2. The van der Waals surface area contributed by atoms with Crippen molar-refractivity contribution in [2.75, 3.05) is 18.5 Å². The fourth-order valence-corrected chi connectivity index (χ4v) is 3.26. The summed E-state index contributed by atoms with van der Waals surface area (Å²) in [7, 11) is 1.73. The number of primary amides is 1. The van der Waals surface area contributed by atoms with Crippen LogP contribution in [0, 0.1) is 0 Å². The summed E-state index contributed by atoms with van der Waals surface area (Å²) in [5.74, 6) is 0.262. The van der Waals surface area contributed by atoms with E-state index < -0.39 is 12.5 Å². The molecule has 1 aromatic heterocycles. The van der Waals surface area contributed by atoms with Gasteiger partial charge in [0.25, 0.3) is 0 Å². The predicted octanol–water partition coefficient (Wildman–Crippen LogP) is 4.52. The summed E-state index contributed by atoms with van der Waals surface area (Å²) in [6, 6.07) is 15.7. The summed E-state index contributed by atoms with van der Waals surface area (Å²) in [5, 5.41) is 0.501. The minimum absolute atomic E-state index is 0.0704. The number of pyridine rings is 1. The summed E-state index contributed by atoms with van der Waals surface area (Å²) in [6.45, 7) is -2.86. The first-order chi connectivity index (χ1) is 14.3. The average Bonchev–Trinajstić information content (AvgIpc) is 2.69. The summed E-state index contributed by atoms with van der Waals surface area (Å²) in [5.41, 5.74) is 8.23. The molecule has 2 aromatic carbocycles. The van der Waals surface area contributed by atoms with E-state index in [9.17, 15) is 13.6 Å². The number of benzene rings is 2. The lowest BCUT2D eigenvalue weighted by molar-refractivity contribution is -0.116. The number of hydrogen-bond donors (Lipinski definition) is 1. The van der Waals surface area contributed by atoms with Gasteiger partial charge in [0.15, 0.2) is 0 Å². The highest BCUT2D eigenvalue weighted by atomic mass is 35.5. The first kappa shape index (κ1) is 21.5. The predicted molar refractivity (Wildman–Crippen MR) is 113 cm³/mol. The van der Waals surface area contributed by atoms with Crippen molar-refractivity contribution in [2.45, 2.75) is 13.0 Å². The van der Waals surface area contributed by atoms with Crippen LogP contribution >= 0.6 is 11.6 Å². The van der Waals surface area contributed by atoms with Crippen molar-refractivity contribution in [2.24, 2.45) is 5.73 Å². The summed E-state index contributed by atoms with van der Waals surface area (Å²) in [4.78, 5) is 17.0. The molecule has 0 atom stereocenters. The maximum absolute atomic E-state index is 12.8. The molecule has 0 spiro atoms. The number of aromatic nitrogens is 1. The molecule has 5 nitrogen and oxygen atoms in total. The molecule has 8 heteroatoms. The maximum atomic E-state index is 12.8. The molecule has 0 unspecified atom stereocenters. The van der Waals surface area contributed by atoms with Gasteiger partial charge in [-0.25, -0.2) is 4.98 Å². The van der Waals surface area contributed by atoms with Gasteiger partial charge in [-0.2, -0.15) is 8.78 Å². The van der Waals surface area contributed by atoms with E-state index in [1.54, 1.807) is 60.6 Å². The van der Waals surface area contributed by atoms with Crippen LogP contribution in [0.15, 0.2) is 60.8 Å². The van der Waals surface area contributed by atoms with Crippen molar-refractivity contribution in [1.82, 2.24) is 4.98 Å². The van der Waals surface area contributed by atoms with Crippen LogP contribution in [0.4, 0.5) is 14.6 Å². The molecule has 1 amide bonds. The second kappa shape index (κ2) is 9.54. The third-order valence-corrected chi connectivity index (χ3v) is 4.63. The number of rotatable bonds is 8. The van der Waals surface area contributed by atoms with Gasteiger partial charge in [-0.3, -0.25) is 4.79 Å². The molecule has 0 aliphatic carbocycles. The lowest BCUT2D eigenvalue weighted by Gasteiger charge is -2.16. The minimum atomic E-state index is -2.93. The summed E-state index contributed by atoms with van der Waals surface area (Å²) < 4.78 is 30.4. The number of carbonyl (C=O) groups is 1. The SMILES string of the molecule is CN(CC(N)=O)c1ccc(Cc2ccc(OC(F)F)c(-c3cccc(Cl)c3)c2)cn1. The van der Waals surface area contributed by atoms with Crippen LogP contribution in [-0.4, -0.2) is 31.1 Å². The molecule has 0 fully saturated rings. The average molecular weight is 432 g/mol. The molecule has 0 saturated carbocycles. The molecule has 0 radical (unpaired) electrons. The largest absolute Gasteiger partial charge is 0.434 e. The van der Waals surface area contributed by atoms with Crippen molar-refractivity contribution in [3.8, 4) is 16.9 Å². The molecule has 30 heavy (non-hydrogen) atoms. The summed E-state index contributed by atoms with van der Waals surface area (Å²) in [6.07, 6.45) is 2.24. The first-order valence-corrected chi connectivity index (χ1v) is 9.47. The van der Waals surface area contributed by atoms with Gasteiger partial charge < -0.3 is 15.4 Å². The van der Waals surface area contributed by atoms with E-state index in [1.165, 1.54) is 6.07 Å². The van der Waals surface area contributed by atoms with Gasteiger partial charge in [0.1, 0.15) is 11.6 Å². The Labute approximate surface area is 178 Å². The molecule has 1 heterocycles. The van der Waals surface area contributed by atoms with Crippen molar-refractivity contribution >= 4 is 23.3 Å². The second-order valence-corrected chi connectivity index (χ2v) is 7.18. The highest BCUT2D eigenvalue weighted by molar-refractivity contribution is 6.30. The Morgan fingerprint density at radius 2 is 1.93 bits per heavy atom. The van der Waals surface area contributed by atoms with E-state index in [-0.39, 0.29) is 12.3 Å². The number of nitrogens with two attached hydrogens (primary N) is 1. The van der Waals surface area contributed by atoms with Crippen LogP contribution in [0.2, 0.25) is 5.02 Å². The Morgan fingerprint density at radius 1 is 1.17 bits per heavy atom. The van der Waals surface area contributed by atoms with Crippen LogP contribution < -0.4 is 15.4 Å². The van der Waals surface area contributed by atoms with E-state index in [1.807, 2.05) is 6.07 Å². The number of halogens is 3. The van der Waals surface area contributed by atoms with Gasteiger partial charge in [0, 0.05) is 23.8 Å². The molecular formula is C22H20ClF2N3O2. The molecule has 3 aromatic rings. The van der Waals surface area contributed by atoms with E-state index in [0.717, 1.165) is 11.1 Å². The van der Waals surface area contributed by atoms with Crippen molar-refractivity contribution < 1.29 is 18.3 Å². The monoisotopic (exact) mass is 431 g/mol. The Hall–Kier alpha value is -3.19. The van der Waals surface area contributed by atoms with Crippen molar-refractivity contribution in [3.05, 3.63) is 76.9 Å². The molecular weight excluding hydrogens is 412 g/mol. The summed E-state index contributed by atoms with van der Waals surface area (Å²) >= 11 is 6.06. The molecule has 0 saturated heterocycles. The van der Waals surface area contributed by atoms with E-state index >= 15 is 0 Å². The zero-order valence-corrected chi connectivity index (χ0v) is 16.9. The third-order valence-electron chi connectivity index (χ3n) is 4.40. The number of ether oxygens (including phenoxy) is 1. The quantitative estimate of drug-likeness (QED) is 0.569. The Kier molecular flexibility index (Phi) is 6.84. The lowest BCUT2D eigenvalue weighted by Crippen LogP contribution is -2.30. The number of alkyl halides is 2. The van der Waals surface area contributed by atoms with Crippen molar-refractivity contribution in [3.63, 3.8) is 0 Å². The number of anilines is 1. The van der Waals surface area contributed by atoms with Crippen LogP contribution in [-0.2, 0) is 11.2 Å². The Bertz CT molecular complexity index is 1030. The topological polar surface area (TPSA) is 68.5 Å². The molecule has 3 rings (SSSR count). The number of likely N-dealkylation sites (N-methyl/N-ethyl adjacent to an activating group) is 1. The number of carbonyl (C=O) groups excluding carboxylic acids is 1. The third kappa shape index (κ3) is 5.67. The Morgan fingerprint density at radius 3 is 2.57 bits per heavy atom. The molecule has 0 aliphatic rings. The lowest BCUT2D eigenvalue weighted by atomic mass is 9.99. The standard InChI is InChI=1S/C22H20ClF2N3O2/c1-28(13-20(26)29)21-8-6-15(12-27-21)9-14-5-7-19(30-22(24)25)18(10-14)16-3-2-4-17(23)11-16/h2-8,10-12,22H,9,13H2,1H3,(H2,26,29). The highest BCUT2D eigenvalue weighted by Crippen LogP contribution is 2.34. The smallest absolute Gasteiger partial charge is 0.387 e. The maximum Gasteiger partial charge on any atom is 0.387 e. The van der Waals surface area contributed by atoms with Crippen molar-refractivity contribution in [1.29, 1.82) is 0 Å². The number of nitrogens with zero attached hydrogens (tertiary/aromatic N) is 2. The number of hydrogen-bond acceptors (Lipinski definition) is 4. The van der Waals surface area contributed by atoms with Crippen LogP contribution in [0.5, 0.6) is 5.75 Å². The number of amides is 1. The molecule has 2 N–H and O–H groups in total.